The molecule has 0 fully saturated rings. The van der Waals surface area contributed by atoms with Gasteiger partial charge in [0.25, 0.3) is 5.56 Å². The molecule has 1 atom stereocenters. The van der Waals surface area contributed by atoms with Crippen molar-refractivity contribution in [2.75, 3.05) is 6.79 Å². The number of ether oxygens (including phenoxy) is 3. The molecule has 7 nitrogen and oxygen atoms in total. The minimum atomic E-state index is -0.728. The Morgan fingerprint density at radius 2 is 1.94 bits per heavy atom. The highest BCUT2D eigenvalue weighted by molar-refractivity contribution is 6.31. The Bertz CT molecular complexity index is 1390. The van der Waals surface area contributed by atoms with Crippen LogP contribution in [0.25, 0.3) is 0 Å². The summed E-state index contributed by atoms with van der Waals surface area (Å²) in [6.45, 7) is 2.31. The maximum Gasteiger partial charge on any atom is 0.259 e. The third kappa shape index (κ3) is 3.17. The standard InChI is InChI=1S/C24H18ClN3O4/c1-13-8-20-22(21(16(10-26)23(27)32-20)15-4-2-3-5-17(15)25)24(29)28(13)11-14-6-7-18-19(9-14)31-12-30-18/h2-9,21H,11-12,27H2,1H3. The first-order valence-electron chi connectivity index (χ1n) is 9.92. The summed E-state index contributed by atoms with van der Waals surface area (Å²) in [7, 11) is 0. The van der Waals surface area contributed by atoms with E-state index in [0.717, 1.165) is 5.56 Å². The first-order valence-corrected chi connectivity index (χ1v) is 10.3. The van der Waals surface area contributed by atoms with Crippen LogP contribution in [0.2, 0.25) is 5.02 Å². The number of fused-ring (bicyclic) bond motifs is 2. The molecule has 160 valence electrons. The van der Waals surface area contributed by atoms with Gasteiger partial charge in [0.15, 0.2) is 11.5 Å². The Labute approximate surface area is 188 Å². The minimum Gasteiger partial charge on any atom is -0.454 e. The van der Waals surface area contributed by atoms with Gasteiger partial charge in [-0.1, -0.05) is 35.9 Å². The number of allylic oxidation sites excluding steroid dienone is 1. The largest absolute Gasteiger partial charge is 0.454 e. The van der Waals surface area contributed by atoms with E-state index in [-0.39, 0.29) is 23.8 Å². The van der Waals surface area contributed by atoms with Crippen molar-refractivity contribution < 1.29 is 14.2 Å². The molecule has 2 aliphatic rings. The van der Waals surface area contributed by atoms with Gasteiger partial charge in [-0.15, -0.1) is 0 Å². The fourth-order valence-electron chi connectivity index (χ4n) is 4.12. The van der Waals surface area contributed by atoms with Crippen LogP contribution in [-0.4, -0.2) is 11.4 Å². The van der Waals surface area contributed by atoms with Gasteiger partial charge in [0.05, 0.1) is 18.0 Å². The lowest BCUT2D eigenvalue weighted by molar-refractivity contribution is 0.174. The molecule has 2 aromatic carbocycles. The summed E-state index contributed by atoms with van der Waals surface area (Å²) in [6.07, 6.45) is 0. The van der Waals surface area contributed by atoms with E-state index in [2.05, 4.69) is 6.07 Å². The summed E-state index contributed by atoms with van der Waals surface area (Å²) in [6, 6.07) is 16.5. The molecular formula is C24H18ClN3O4. The van der Waals surface area contributed by atoms with Gasteiger partial charge in [-0.05, 0) is 36.2 Å². The maximum absolute atomic E-state index is 13.7. The van der Waals surface area contributed by atoms with Gasteiger partial charge in [0.2, 0.25) is 12.7 Å². The molecular weight excluding hydrogens is 430 g/mol. The fraction of sp³-hybridized carbons (Fsp3) is 0.167. The number of nitriles is 1. The van der Waals surface area contributed by atoms with Crippen LogP contribution in [0, 0.1) is 18.3 Å². The molecule has 0 aliphatic carbocycles. The van der Waals surface area contributed by atoms with Crippen molar-refractivity contribution in [3.63, 3.8) is 0 Å². The molecule has 32 heavy (non-hydrogen) atoms. The second-order valence-corrected chi connectivity index (χ2v) is 8.00. The number of halogens is 1. The molecule has 0 bridgehead atoms. The molecule has 3 heterocycles. The van der Waals surface area contributed by atoms with Crippen molar-refractivity contribution in [1.29, 1.82) is 5.26 Å². The molecule has 0 saturated heterocycles. The van der Waals surface area contributed by atoms with Crippen molar-refractivity contribution in [2.45, 2.75) is 19.4 Å². The SMILES string of the molecule is Cc1cc2c(c(=O)n1Cc1ccc3c(c1)OCO3)C(c1ccccc1Cl)C(C#N)=C(N)O2. The zero-order chi connectivity index (χ0) is 22.4. The molecule has 1 aromatic heterocycles. The predicted octanol–water partition coefficient (Wildman–Crippen LogP) is 3.81. The summed E-state index contributed by atoms with van der Waals surface area (Å²) < 4.78 is 18.2. The zero-order valence-corrected chi connectivity index (χ0v) is 17.8. The average molecular weight is 448 g/mol. The molecule has 0 radical (unpaired) electrons. The van der Waals surface area contributed by atoms with Crippen molar-refractivity contribution in [1.82, 2.24) is 4.57 Å². The van der Waals surface area contributed by atoms with Crippen molar-refractivity contribution in [3.8, 4) is 23.3 Å². The molecule has 8 heteroatoms. The Morgan fingerprint density at radius 1 is 1.16 bits per heavy atom. The normalized spacial score (nSPS) is 16.3. The highest BCUT2D eigenvalue weighted by Gasteiger charge is 2.35. The number of aryl methyl sites for hydroxylation is 1. The maximum atomic E-state index is 13.7. The molecule has 0 spiro atoms. The Balaban J connectivity index is 1.67. The minimum absolute atomic E-state index is 0.0303. The highest BCUT2D eigenvalue weighted by atomic mass is 35.5. The molecule has 2 N–H and O–H groups in total. The van der Waals surface area contributed by atoms with Crippen molar-refractivity contribution >= 4 is 11.6 Å². The van der Waals surface area contributed by atoms with E-state index in [9.17, 15) is 10.1 Å². The number of aromatic nitrogens is 1. The Hall–Kier alpha value is -3.89. The van der Waals surface area contributed by atoms with Gasteiger partial charge in [-0.2, -0.15) is 5.26 Å². The second kappa shape index (κ2) is 7.66. The number of nitrogens with zero attached hydrogens (tertiary/aromatic N) is 2. The van der Waals surface area contributed by atoms with Gasteiger partial charge in [-0.3, -0.25) is 4.79 Å². The summed E-state index contributed by atoms with van der Waals surface area (Å²) in [5, 5.41) is 10.2. The molecule has 5 rings (SSSR count). The van der Waals surface area contributed by atoms with E-state index in [1.165, 1.54) is 0 Å². The number of hydrogen-bond donors (Lipinski definition) is 1. The van der Waals surface area contributed by atoms with Crippen LogP contribution in [-0.2, 0) is 6.54 Å². The fourth-order valence-corrected chi connectivity index (χ4v) is 4.37. The molecule has 2 aliphatic heterocycles. The quantitative estimate of drug-likeness (QED) is 0.655. The highest BCUT2D eigenvalue weighted by Crippen LogP contribution is 2.42. The van der Waals surface area contributed by atoms with Gasteiger partial charge in [0, 0.05) is 16.8 Å². The van der Waals surface area contributed by atoms with Crippen LogP contribution >= 0.6 is 11.6 Å². The van der Waals surface area contributed by atoms with Crippen LogP contribution in [0.5, 0.6) is 17.2 Å². The van der Waals surface area contributed by atoms with E-state index in [1.807, 2.05) is 25.1 Å². The average Bonchev–Trinajstić information content (AvgIpc) is 3.24. The molecule has 1 unspecified atom stereocenters. The van der Waals surface area contributed by atoms with Gasteiger partial charge < -0.3 is 24.5 Å². The third-order valence-corrected chi connectivity index (χ3v) is 6.03. The van der Waals surface area contributed by atoms with Crippen molar-refractivity contribution in [3.05, 3.63) is 97.7 Å². The summed E-state index contributed by atoms with van der Waals surface area (Å²) in [4.78, 5) is 13.7. The number of pyridine rings is 1. The predicted molar refractivity (Wildman–Crippen MR) is 118 cm³/mol. The van der Waals surface area contributed by atoms with Gasteiger partial charge >= 0.3 is 0 Å². The number of rotatable bonds is 3. The number of benzene rings is 2. The summed E-state index contributed by atoms with van der Waals surface area (Å²) in [5.74, 6) is 0.891. The van der Waals surface area contributed by atoms with E-state index in [4.69, 9.17) is 31.5 Å². The third-order valence-electron chi connectivity index (χ3n) is 5.68. The summed E-state index contributed by atoms with van der Waals surface area (Å²) >= 11 is 6.45. The van der Waals surface area contributed by atoms with Crippen LogP contribution < -0.4 is 25.5 Å². The van der Waals surface area contributed by atoms with Gasteiger partial charge in [-0.25, -0.2) is 0 Å². The number of hydrogen-bond acceptors (Lipinski definition) is 6. The van der Waals surface area contributed by atoms with Crippen molar-refractivity contribution in [2.24, 2.45) is 5.73 Å². The summed E-state index contributed by atoms with van der Waals surface area (Å²) in [5.41, 5.74) is 8.45. The van der Waals surface area contributed by atoms with Crippen LogP contribution in [0.4, 0.5) is 0 Å². The van der Waals surface area contributed by atoms with Crippen LogP contribution in [0.3, 0.4) is 0 Å². The lowest BCUT2D eigenvalue weighted by Crippen LogP contribution is -2.33. The molecule has 0 amide bonds. The topological polar surface area (TPSA) is 99.5 Å². The first kappa shape index (κ1) is 20.0. The van der Waals surface area contributed by atoms with E-state index in [1.54, 1.807) is 34.9 Å². The molecule has 0 saturated carbocycles. The Morgan fingerprint density at radius 3 is 2.72 bits per heavy atom. The lowest BCUT2D eigenvalue weighted by atomic mass is 9.84. The van der Waals surface area contributed by atoms with Crippen LogP contribution in [0.1, 0.15) is 28.3 Å². The smallest absolute Gasteiger partial charge is 0.259 e. The lowest BCUT2D eigenvalue weighted by Gasteiger charge is -2.28. The van der Waals surface area contributed by atoms with E-state index >= 15 is 0 Å². The second-order valence-electron chi connectivity index (χ2n) is 7.59. The molecule has 3 aromatic rings. The van der Waals surface area contributed by atoms with E-state index in [0.29, 0.717) is 45.6 Å². The zero-order valence-electron chi connectivity index (χ0n) is 17.1. The van der Waals surface area contributed by atoms with E-state index < -0.39 is 5.92 Å². The van der Waals surface area contributed by atoms with Gasteiger partial charge in [0.1, 0.15) is 17.4 Å². The monoisotopic (exact) mass is 447 g/mol. The Kier molecular flexibility index (Phi) is 4.80. The number of nitrogens with two attached hydrogens (primary N) is 1. The first-order chi connectivity index (χ1) is 15.5. The van der Waals surface area contributed by atoms with Crippen LogP contribution in [0.15, 0.2) is 64.8 Å².